The van der Waals surface area contributed by atoms with Crippen molar-refractivity contribution in [3.8, 4) is 0 Å². The molecule has 0 bridgehead atoms. The molecule has 2 aromatic rings. The molecule has 0 aliphatic rings. The smallest absolute Gasteiger partial charge is 0.221 e. The van der Waals surface area contributed by atoms with Gasteiger partial charge in [-0.25, -0.2) is 0 Å². The summed E-state index contributed by atoms with van der Waals surface area (Å²) in [6.07, 6.45) is 0.414. The lowest BCUT2D eigenvalue weighted by Crippen LogP contribution is -2.49. The molecule has 23 heavy (non-hydrogen) atoms. The Morgan fingerprint density at radius 1 is 1.00 bits per heavy atom. The fraction of sp³-hybridized carbons (Fsp3) is 0.316. The first kappa shape index (κ1) is 19.2. The molecule has 0 atom stereocenters. The lowest BCUT2D eigenvalue weighted by atomic mass is 9.88. The number of hydrogen-bond acceptors (Lipinski definition) is 2. The molecule has 2 rings (SSSR count). The fourth-order valence-corrected chi connectivity index (χ4v) is 2.46. The molecule has 0 radical (unpaired) electrons. The van der Waals surface area contributed by atoms with Crippen molar-refractivity contribution in [3.63, 3.8) is 0 Å². The van der Waals surface area contributed by atoms with Gasteiger partial charge in [0.25, 0.3) is 0 Å². The second kappa shape index (κ2) is 8.70. The van der Waals surface area contributed by atoms with E-state index in [0.717, 1.165) is 11.1 Å². The van der Waals surface area contributed by atoms with Gasteiger partial charge >= 0.3 is 0 Å². The van der Waals surface area contributed by atoms with E-state index in [1.165, 1.54) is 0 Å². The lowest BCUT2D eigenvalue weighted by Gasteiger charge is -2.26. The molecule has 2 aromatic carbocycles. The number of halogens is 1. The molecule has 0 aromatic heterocycles. The Kier molecular flexibility index (Phi) is 7.27. The maximum Gasteiger partial charge on any atom is 0.221 e. The summed E-state index contributed by atoms with van der Waals surface area (Å²) < 4.78 is 0. The van der Waals surface area contributed by atoms with Gasteiger partial charge in [0, 0.05) is 24.4 Å². The van der Waals surface area contributed by atoms with Crippen molar-refractivity contribution in [1.82, 2.24) is 5.32 Å². The zero-order valence-electron chi connectivity index (χ0n) is 13.7. The summed E-state index contributed by atoms with van der Waals surface area (Å²) in [6, 6.07) is 20.3. The molecule has 0 spiro atoms. The number of benzene rings is 2. The van der Waals surface area contributed by atoms with Crippen LogP contribution in [-0.4, -0.2) is 18.0 Å². The molecule has 0 aliphatic carbocycles. The molecule has 4 heteroatoms. The van der Waals surface area contributed by atoms with Crippen LogP contribution in [0, 0.1) is 0 Å². The highest BCUT2D eigenvalue weighted by atomic mass is 35.5. The first-order chi connectivity index (χ1) is 10.5. The maximum atomic E-state index is 12.4. The molecular weight excluding hydrogens is 308 g/mol. The Morgan fingerprint density at radius 3 is 1.83 bits per heavy atom. The van der Waals surface area contributed by atoms with Crippen LogP contribution in [0.4, 0.5) is 0 Å². The average molecular weight is 333 g/mol. The van der Waals surface area contributed by atoms with Crippen LogP contribution in [0.2, 0.25) is 0 Å². The van der Waals surface area contributed by atoms with Gasteiger partial charge < -0.3 is 11.1 Å². The van der Waals surface area contributed by atoms with Crippen molar-refractivity contribution in [2.24, 2.45) is 5.73 Å². The molecule has 0 saturated carbocycles. The number of nitrogens with one attached hydrogen (secondary N) is 1. The summed E-state index contributed by atoms with van der Waals surface area (Å²) in [6.45, 7) is 4.29. The normalized spacial score (nSPS) is 11.0. The third-order valence-corrected chi connectivity index (χ3v) is 3.78. The van der Waals surface area contributed by atoms with Gasteiger partial charge in [-0.05, 0) is 25.0 Å². The summed E-state index contributed by atoms with van der Waals surface area (Å²) >= 11 is 0. The molecule has 3 N–H and O–H groups in total. The van der Waals surface area contributed by atoms with E-state index in [4.69, 9.17) is 5.73 Å². The molecule has 0 aliphatic heterocycles. The molecule has 0 fully saturated rings. The standard InChI is InChI=1S/C19H24N2O.ClH/c1-19(2,14-20)21-18(22)13-17(15-9-5-3-6-10-15)16-11-7-4-8-12-16;/h3-12,17H,13-14,20H2,1-2H3,(H,21,22);1H. The van der Waals surface area contributed by atoms with E-state index >= 15 is 0 Å². The van der Waals surface area contributed by atoms with Crippen LogP contribution in [0.15, 0.2) is 60.7 Å². The van der Waals surface area contributed by atoms with Gasteiger partial charge in [-0.2, -0.15) is 0 Å². The van der Waals surface area contributed by atoms with Crippen LogP contribution >= 0.6 is 12.4 Å². The molecule has 1 amide bonds. The first-order valence-electron chi connectivity index (χ1n) is 7.63. The monoisotopic (exact) mass is 332 g/mol. The molecule has 0 saturated heterocycles. The maximum absolute atomic E-state index is 12.4. The summed E-state index contributed by atoms with van der Waals surface area (Å²) in [5.74, 6) is 0.0733. The second-order valence-corrected chi connectivity index (χ2v) is 6.21. The lowest BCUT2D eigenvalue weighted by molar-refractivity contribution is -0.122. The van der Waals surface area contributed by atoms with Crippen LogP contribution in [0.1, 0.15) is 37.3 Å². The van der Waals surface area contributed by atoms with Crippen LogP contribution in [-0.2, 0) is 4.79 Å². The number of rotatable bonds is 6. The van der Waals surface area contributed by atoms with Crippen LogP contribution < -0.4 is 11.1 Å². The van der Waals surface area contributed by atoms with Gasteiger partial charge in [0.05, 0.1) is 0 Å². The largest absolute Gasteiger partial charge is 0.350 e. The Balaban J connectivity index is 0.00000264. The second-order valence-electron chi connectivity index (χ2n) is 6.21. The van der Waals surface area contributed by atoms with E-state index in [2.05, 4.69) is 29.6 Å². The number of carbonyl (C=O) groups excluding carboxylic acids is 1. The third-order valence-electron chi connectivity index (χ3n) is 3.78. The van der Waals surface area contributed by atoms with Gasteiger partial charge in [-0.3, -0.25) is 4.79 Å². The Morgan fingerprint density at radius 2 is 1.43 bits per heavy atom. The highest BCUT2D eigenvalue weighted by Gasteiger charge is 2.22. The zero-order valence-corrected chi connectivity index (χ0v) is 14.5. The number of carbonyl (C=O) groups is 1. The van der Waals surface area contributed by atoms with Crippen molar-refractivity contribution < 1.29 is 4.79 Å². The molecule has 0 heterocycles. The molecule has 124 valence electrons. The summed E-state index contributed by atoms with van der Waals surface area (Å²) in [5, 5.41) is 3.01. The Hall–Kier alpha value is -1.84. The zero-order chi connectivity index (χ0) is 16.0. The average Bonchev–Trinajstić information content (AvgIpc) is 2.54. The van der Waals surface area contributed by atoms with Gasteiger partial charge in [0.15, 0.2) is 0 Å². The van der Waals surface area contributed by atoms with Crippen LogP contribution in [0.25, 0.3) is 0 Å². The van der Waals surface area contributed by atoms with Crippen molar-refractivity contribution >= 4 is 18.3 Å². The van der Waals surface area contributed by atoms with E-state index in [-0.39, 0.29) is 29.8 Å². The van der Waals surface area contributed by atoms with Gasteiger partial charge in [0.2, 0.25) is 5.91 Å². The topological polar surface area (TPSA) is 55.1 Å². The number of nitrogens with two attached hydrogens (primary N) is 1. The molecule has 3 nitrogen and oxygen atoms in total. The Bertz CT molecular complexity index is 560. The van der Waals surface area contributed by atoms with Crippen molar-refractivity contribution in [2.75, 3.05) is 6.54 Å². The minimum atomic E-state index is -0.380. The predicted molar refractivity (Wildman–Crippen MR) is 97.9 cm³/mol. The summed E-state index contributed by atoms with van der Waals surface area (Å²) in [5.41, 5.74) is 7.61. The number of hydrogen-bond donors (Lipinski definition) is 2. The highest BCUT2D eigenvalue weighted by molar-refractivity contribution is 5.85. The Labute approximate surface area is 144 Å². The van der Waals surface area contributed by atoms with E-state index in [0.29, 0.717) is 13.0 Å². The molecular formula is C19H25ClN2O. The third kappa shape index (κ3) is 5.70. The number of amides is 1. The fourth-order valence-electron chi connectivity index (χ4n) is 2.46. The summed E-state index contributed by atoms with van der Waals surface area (Å²) in [4.78, 5) is 12.4. The van der Waals surface area contributed by atoms with Crippen molar-refractivity contribution in [1.29, 1.82) is 0 Å². The summed E-state index contributed by atoms with van der Waals surface area (Å²) in [7, 11) is 0. The SMILES string of the molecule is CC(C)(CN)NC(=O)CC(c1ccccc1)c1ccccc1.Cl. The van der Waals surface area contributed by atoms with E-state index in [1.807, 2.05) is 50.2 Å². The van der Waals surface area contributed by atoms with E-state index < -0.39 is 0 Å². The van der Waals surface area contributed by atoms with E-state index in [9.17, 15) is 4.79 Å². The van der Waals surface area contributed by atoms with Crippen molar-refractivity contribution in [3.05, 3.63) is 71.8 Å². The van der Waals surface area contributed by atoms with Gasteiger partial charge in [-0.1, -0.05) is 60.7 Å². The minimum Gasteiger partial charge on any atom is -0.350 e. The predicted octanol–water partition coefficient (Wildman–Crippen LogP) is 3.48. The van der Waals surface area contributed by atoms with E-state index in [1.54, 1.807) is 0 Å². The van der Waals surface area contributed by atoms with Crippen molar-refractivity contribution in [2.45, 2.75) is 31.7 Å². The first-order valence-corrected chi connectivity index (χ1v) is 7.63. The van der Waals surface area contributed by atoms with Gasteiger partial charge in [0.1, 0.15) is 0 Å². The highest BCUT2D eigenvalue weighted by Crippen LogP contribution is 2.27. The molecule has 0 unspecified atom stereocenters. The minimum absolute atomic E-state index is 0. The van der Waals surface area contributed by atoms with Crippen LogP contribution in [0.3, 0.4) is 0 Å². The van der Waals surface area contributed by atoms with Crippen LogP contribution in [0.5, 0.6) is 0 Å². The quantitative estimate of drug-likeness (QED) is 0.850. The van der Waals surface area contributed by atoms with Gasteiger partial charge in [-0.15, -0.1) is 12.4 Å².